The molecule has 2 rings (SSSR count). The predicted octanol–water partition coefficient (Wildman–Crippen LogP) is 1.97. The Kier molecular flexibility index (Phi) is 4.49. The van der Waals surface area contributed by atoms with Crippen LogP contribution in [-0.2, 0) is 6.54 Å². The van der Waals surface area contributed by atoms with E-state index in [4.69, 9.17) is 4.74 Å². The highest BCUT2D eigenvalue weighted by atomic mass is 16.5. The van der Waals surface area contributed by atoms with E-state index in [2.05, 4.69) is 32.2 Å². The molecule has 0 saturated carbocycles. The van der Waals surface area contributed by atoms with Crippen LogP contribution < -0.4 is 10.1 Å². The number of rotatable bonds is 6. The zero-order valence-electron chi connectivity index (χ0n) is 12.3. The summed E-state index contributed by atoms with van der Waals surface area (Å²) < 4.78 is 7.58. The van der Waals surface area contributed by atoms with Crippen LogP contribution >= 0.6 is 0 Å². The molecule has 0 atom stereocenters. The zero-order valence-corrected chi connectivity index (χ0v) is 12.3. The summed E-state index contributed by atoms with van der Waals surface area (Å²) in [5, 5.41) is 2.92. The summed E-state index contributed by atoms with van der Waals surface area (Å²) in [6.07, 6.45) is 4.69. The molecule has 0 amide bonds. The molecule has 0 radical (unpaired) electrons. The molecule has 0 aliphatic rings. The number of nitrogens with one attached hydrogen (secondary N) is 1. The molecule has 0 aliphatic carbocycles. The van der Waals surface area contributed by atoms with Crippen molar-refractivity contribution < 1.29 is 4.74 Å². The van der Waals surface area contributed by atoms with Crippen LogP contribution in [0.5, 0.6) is 6.01 Å². The minimum Gasteiger partial charge on any atom is -0.461 e. The van der Waals surface area contributed by atoms with E-state index in [0.717, 1.165) is 18.8 Å². The third kappa shape index (κ3) is 3.23. The lowest BCUT2D eigenvalue weighted by Gasteiger charge is -2.11. The van der Waals surface area contributed by atoms with E-state index in [0.29, 0.717) is 17.8 Å². The van der Waals surface area contributed by atoms with Gasteiger partial charge in [-0.1, -0.05) is 6.92 Å². The lowest BCUT2D eigenvalue weighted by Crippen LogP contribution is -2.12. The second kappa shape index (κ2) is 6.31. The first-order chi connectivity index (χ1) is 9.63. The second-order valence-corrected chi connectivity index (χ2v) is 4.63. The number of aromatic nitrogens is 5. The Hall–Kier alpha value is -2.18. The molecular weight excluding hydrogens is 256 g/mol. The number of imidazole rings is 1. The van der Waals surface area contributed by atoms with E-state index < -0.39 is 0 Å². The Morgan fingerprint density at radius 1 is 1.30 bits per heavy atom. The van der Waals surface area contributed by atoms with E-state index in [1.807, 2.05) is 24.6 Å². The number of ether oxygens (including phenoxy) is 1. The van der Waals surface area contributed by atoms with E-state index in [1.54, 1.807) is 13.2 Å². The summed E-state index contributed by atoms with van der Waals surface area (Å²) in [7, 11) is 1.76. The van der Waals surface area contributed by atoms with Crippen LogP contribution in [0.15, 0.2) is 12.4 Å². The maximum absolute atomic E-state index is 5.56. The van der Waals surface area contributed by atoms with E-state index in [9.17, 15) is 0 Å². The molecule has 0 aliphatic heterocycles. The third-order valence-corrected chi connectivity index (χ3v) is 2.56. The lowest BCUT2D eigenvalue weighted by atomic mass is 10.4. The summed E-state index contributed by atoms with van der Waals surface area (Å²) in [6, 6.07) is 0.306. The highest BCUT2D eigenvalue weighted by Gasteiger charge is 2.14. The van der Waals surface area contributed by atoms with Gasteiger partial charge >= 0.3 is 6.01 Å². The van der Waals surface area contributed by atoms with Gasteiger partial charge < -0.3 is 14.6 Å². The van der Waals surface area contributed by atoms with Crippen LogP contribution in [0.4, 0.5) is 5.95 Å². The molecule has 0 bridgehead atoms. The van der Waals surface area contributed by atoms with Gasteiger partial charge in [-0.3, -0.25) is 0 Å². The summed E-state index contributed by atoms with van der Waals surface area (Å²) >= 11 is 0. The van der Waals surface area contributed by atoms with Crippen LogP contribution in [0.1, 0.15) is 27.2 Å². The minimum atomic E-state index is 0.00495. The molecule has 2 heterocycles. The van der Waals surface area contributed by atoms with Crippen molar-refractivity contribution >= 4 is 5.95 Å². The van der Waals surface area contributed by atoms with Crippen molar-refractivity contribution in [2.75, 3.05) is 12.4 Å². The zero-order chi connectivity index (χ0) is 14.5. The Morgan fingerprint density at radius 2 is 2.10 bits per heavy atom. The molecule has 20 heavy (non-hydrogen) atoms. The number of anilines is 1. The summed E-state index contributed by atoms with van der Waals surface area (Å²) in [6.45, 7) is 6.85. The van der Waals surface area contributed by atoms with Crippen molar-refractivity contribution in [2.24, 2.45) is 0 Å². The Labute approximate surface area is 118 Å². The first-order valence-corrected chi connectivity index (χ1v) is 6.76. The normalized spacial score (nSPS) is 10.8. The molecular formula is C13H20N6O. The first-order valence-electron chi connectivity index (χ1n) is 6.76. The summed E-state index contributed by atoms with van der Waals surface area (Å²) in [4.78, 5) is 17.2. The fraction of sp³-hybridized carbons (Fsp3) is 0.538. The predicted molar refractivity (Wildman–Crippen MR) is 76.6 cm³/mol. The molecule has 2 aromatic rings. The van der Waals surface area contributed by atoms with Gasteiger partial charge in [0.05, 0.1) is 6.10 Å². The quantitative estimate of drug-likeness (QED) is 0.869. The Balaban J connectivity index is 2.41. The highest BCUT2D eigenvalue weighted by Crippen LogP contribution is 2.18. The van der Waals surface area contributed by atoms with Crippen molar-refractivity contribution in [3.05, 3.63) is 12.4 Å². The van der Waals surface area contributed by atoms with Crippen molar-refractivity contribution in [1.82, 2.24) is 24.5 Å². The molecule has 7 nitrogen and oxygen atoms in total. The SMILES string of the molecule is CCCn1ccnc1-c1nc(NC)nc(OC(C)C)n1. The smallest absolute Gasteiger partial charge is 0.322 e. The number of hydrogen-bond acceptors (Lipinski definition) is 6. The highest BCUT2D eigenvalue weighted by molar-refractivity contribution is 5.47. The van der Waals surface area contributed by atoms with Gasteiger partial charge in [0, 0.05) is 26.0 Å². The van der Waals surface area contributed by atoms with Gasteiger partial charge in [-0.25, -0.2) is 4.98 Å². The monoisotopic (exact) mass is 276 g/mol. The Morgan fingerprint density at radius 3 is 2.75 bits per heavy atom. The standard InChI is InChI=1S/C13H20N6O/c1-5-7-19-8-6-15-11(19)10-16-12(14-4)18-13(17-10)20-9(2)3/h6,8-9H,5,7H2,1-4H3,(H,14,16,17,18). The molecule has 108 valence electrons. The molecule has 0 spiro atoms. The van der Waals surface area contributed by atoms with E-state index in [1.165, 1.54) is 0 Å². The van der Waals surface area contributed by atoms with Crippen LogP contribution in [0, 0.1) is 0 Å². The average molecular weight is 276 g/mol. The fourth-order valence-corrected chi connectivity index (χ4v) is 1.77. The van der Waals surface area contributed by atoms with Crippen LogP contribution in [0.25, 0.3) is 11.6 Å². The number of hydrogen-bond donors (Lipinski definition) is 1. The molecule has 0 aromatic carbocycles. The Bertz CT molecular complexity index is 566. The van der Waals surface area contributed by atoms with E-state index >= 15 is 0 Å². The topological polar surface area (TPSA) is 77.8 Å². The second-order valence-electron chi connectivity index (χ2n) is 4.63. The van der Waals surface area contributed by atoms with Gasteiger partial charge in [0.15, 0.2) is 5.82 Å². The molecule has 1 N–H and O–H groups in total. The molecule has 7 heteroatoms. The van der Waals surface area contributed by atoms with Gasteiger partial charge in [-0.05, 0) is 20.3 Å². The maximum atomic E-state index is 5.56. The first kappa shape index (κ1) is 14.2. The summed E-state index contributed by atoms with van der Waals surface area (Å²) in [5.41, 5.74) is 0. The molecule has 0 unspecified atom stereocenters. The average Bonchev–Trinajstić information content (AvgIpc) is 2.86. The van der Waals surface area contributed by atoms with Gasteiger partial charge in [0.25, 0.3) is 0 Å². The van der Waals surface area contributed by atoms with Crippen LogP contribution in [0.2, 0.25) is 0 Å². The third-order valence-electron chi connectivity index (χ3n) is 2.56. The van der Waals surface area contributed by atoms with Crippen molar-refractivity contribution in [3.63, 3.8) is 0 Å². The largest absolute Gasteiger partial charge is 0.461 e. The van der Waals surface area contributed by atoms with Crippen molar-refractivity contribution in [3.8, 4) is 17.7 Å². The maximum Gasteiger partial charge on any atom is 0.322 e. The van der Waals surface area contributed by atoms with Crippen molar-refractivity contribution in [1.29, 1.82) is 0 Å². The lowest BCUT2D eigenvalue weighted by molar-refractivity contribution is 0.222. The number of aryl methyl sites for hydroxylation is 1. The van der Waals surface area contributed by atoms with Gasteiger partial charge in [0.2, 0.25) is 11.8 Å². The number of nitrogens with zero attached hydrogens (tertiary/aromatic N) is 5. The fourth-order valence-electron chi connectivity index (χ4n) is 1.77. The van der Waals surface area contributed by atoms with Gasteiger partial charge in [0.1, 0.15) is 0 Å². The molecule has 2 aromatic heterocycles. The molecule has 0 saturated heterocycles. The van der Waals surface area contributed by atoms with Gasteiger partial charge in [-0.15, -0.1) is 0 Å². The van der Waals surface area contributed by atoms with Crippen molar-refractivity contribution in [2.45, 2.75) is 39.8 Å². The van der Waals surface area contributed by atoms with Gasteiger partial charge in [-0.2, -0.15) is 15.0 Å². The molecule has 0 fully saturated rings. The van der Waals surface area contributed by atoms with Crippen LogP contribution in [-0.4, -0.2) is 37.7 Å². The van der Waals surface area contributed by atoms with Crippen LogP contribution in [0.3, 0.4) is 0 Å². The minimum absolute atomic E-state index is 0.00495. The summed E-state index contributed by atoms with van der Waals surface area (Å²) in [5.74, 6) is 1.70. The van der Waals surface area contributed by atoms with E-state index in [-0.39, 0.29) is 6.10 Å².